The number of likely N-dealkylation sites (N-methyl/N-ethyl adjacent to an activating group) is 1. The standard InChI is InChI=1S/C27H36FN7O/c1-16-13-20(7-8-22(16)35-11-9-34(2)10-12-35)31-27-29-15-21(28)25(33-27)32-24-18-4-3-17(14-18)23(24)26(36)30-19-5-6-19/h7-8,13,15,17-19,23-24H,3-6,9-12,14H2,1-2H3,(H,30,36)(H2,29,31,32,33)/t17-,18+,23+,24?/m1/s1. The Labute approximate surface area is 212 Å². The number of rotatable bonds is 7. The highest BCUT2D eigenvalue weighted by molar-refractivity contribution is 5.81. The van der Waals surface area contributed by atoms with Crippen LogP contribution in [0.4, 0.5) is 27.5 Å². The predicted molar refractivity (Wildman–Crippen MR) is 139 cm³/mol. The van der Waals surface area contributed by atoms with Gasteiger partial charge in [-0.05, 0) is 81.7 Å². The second kappa shape index (κ2) is 9.50. The van der Waals surface area contributed by atoms with Crippen molar-refractivity contribution in [1.29, 1.82) is 0 Å². The molecular weight excluding hydrogens is 457 g/mol. The van der Waals surface area contributed by atoms with Crippen LogP contribution in [0.3, 0.4) is 0 Å². The number of carbonyl (C=O) groups excluding carboxylic acids is 1. The van der Waals surface area contributed by atoms with Crippen molar-refractivity contribution in [3.8, 4) is 0 Å². The highest BCUT2D eigenvalue weighted by atomic mass is 19.1. The molecule has 3 N–H and O–H groups in total. The monoisotopic (exact) mass is 493 g/mol. The number of aryl methyl sites for hydroxylation is 1. The van der Waals surface area contributed by atoms with E-state index in [4.69, 9.17) is 0 Å². The Morgan fingerprint density at radius 1 is 1.08 bits per heavy atom. The molecule has 1 aliphatic heterocycles. The van der Waals surface area contributed by atoms with Crippen LogP contribution in [0, 0.1) is 30.5 Å². The molecule has 0 radical (unpaired) electrons. The highest BCUT2D eigenvalue weighted by Gasteiger charge is 2.51. The van der Waals surface area contributed by atoms with Crippen molar-refractivity contribution in [3.05, 3.63) is 35.8 Å². The first-order chi connectivity index (χ1) is 17.4. The second-order valence-electron chi connectivity index (χ2n) is 11.1. The molecule has 36 heavy (non-hydrogen) atoms. The third-order valence-electron chi connectivity index (χ3n) is 8.49. The Hall–Kier alpha value is -2.94. The maximum Gasteiger partial charge on any atom is 0.229 e. The summed E-state index contributed by atoms with van der Waals surface area (Å²) in [6, 6.07) is 6.47. The molecule has 3 saturated carbocycles. The average molecular weight is 494 g/mol. The first kappa shape index (κ1) is 23.5. The fourth-order valence-corrected chi connectivity index (χ4v) is 6.35. The van der Waals surface area contributed by atoms with Gasteiger partial charge in [0.1, 0.15) is 0 Å². The van der Waals surface area contributed by atoms with E-state index < -0.39 is 5.82 Å². The van der Waals surface area contributed by atoms with Gasteiger partial charge in [0.05, 0.1) is 12.1 Å². The van der Waals surface area contributed by atoms with Gasteiger partial charge in [0.2, 0.25) is 11.9 Å². The summed E-state index contributed by atoms with van der Waals surface area (Å²) in [5.74, 6) is 0.751. The molecular formula is C27H36FN7O. The van der Waals surface area contributed by atoms with Crippen LogP contribution in [0.5, 0.6) is 0 Å². The summed E-state index contributed by atoms with van der Waals surface area (Å²) in [5, 5.41) is 9.73. The lowest BCUT2D eigenvalue weighted by molar-refractivity contribution is -0.127. The molecule has 2 aromatic rings. The second-order valence-corrected chi connectivity index (χ2v) is 11.1. The Balaban J connectivity index is 1.16. The molecule has 1 saturated heterocycles. The lowest BCUT2D eigenvalue weighted by Crippen LogP contribution is -2.45. The predicted octanol–water partition coefficient (Wildman–Crippen LogP) is 3.52. The Morgan fingerprint density at radius 2 is 1.86 bits per heavy atom. The minimum Gasteiger partial charge on any atom is -0.369 e. The maximum absolute atomic E-state index is 14.8. The van der Waals surface area contributed by atoms with Crippen molar-refractivity contribution in [2.24, 2.45) is 17.8 Å². The molecule has 1 aromatic heterocycles. The van der Waals surface area contributed by atoms with Gasteiger partial charge in [-0.2, -0.15) is 4.98 Å². The minimum absolute atomic E-state index is 0.0927. The van der Waals surface area contributed by atoms with Gasteiger partial charge < -0.3 is 25.8 Å². The van der Waals surface area contributed by atoms with Crippen LogP contribution in [-0.4, -0.2) is 66.1 Å². The summed E-state index contributed by atoms with van der Waals surface area (Å²) < 4.78 is 14.8. The van der Waals surface area contributed by atoms with E-state index >= 15 is 0 Å². The number of aromatic nitrogens is 2. The third kappa shape index (κ3) is 4.73. The molecule has 192 valence electrons. The van der Waals surface area contributed by atoms with Gasteiger partial charge in [-0.3, -0.25) is 4.79 Å². The third-order valence-corrected chi connectivity index (χ3v) is 8.49. The number of anilines is 4. The first-order valence-corrected chi connectivity index (χ1v) is 13.4. The highest BCUT2D eigenvalue weighted by Crippen LogP contribution is 2.50. The van der Waals surface area contributed by atoms with Crippen molar-refractivity contribution < 1.29 is 9.18 Å². The number of hydrogen-bond acceptors (Lipinski definition) is 7. The molecule has 4 fully saturated rings. The molecule has 8 nitrogen and oxygen atoms in total. The Morgan fingerprint density at radius 3 is 2.61 bits per heavy atom. The van der Waals surface area contributed by atoms with E-state index in [0.29, 0.717) is 23.8 Å². The summed E-state index contributed by atoms with van der Waals surface area (Å²) in [5.41, 5.74) is 3.28. The molecule has 1 aromatic carbocycles. The molecule has 3 aliphatic carbocycles. The van der Waals surface area contributed by atoms with E-state index in [0.717, 1.165) is 64.0 Å². The number of fused-ring (bicyclic) bond motifs is 2. The van der Waals surface area contributed by atoms with E-state index in [2.05, 4.69) is 61.8 Å². The summed E-state index contributed by atoms with van der Waals surface area (Å²) >= 11 is 0. The van der Waals surface area contributed by atoms with Crippen LogP contribution in [0.25, 0.3) is 0 Å². The van der Waals surface area contributed by atoms with Gasteiger partial charge in [0, 0.05) is 49.6 Å². The lowest BCUT2D eigenvalue weighted by atomic mass is 9.83. The first-order valence-electron chi connectivity index (χ1n) is 13.4. The lowest BCUT2D eigenvalue weighted by Gasteiger charge is -2.35. The van der Waals surface area contributed by atoms with E-state index in [9.17, 15) is 9.18 Å². The van der Waals surface area contributed by atoms with Crippen molar-refractivity contribution in [2.75, 3.05) is 48.8 Å². The normalized spacial score (nSPS) is 27.8. The Bertz CT molecular complexity index is 1130. The van der Waals surface area contributed by atoms with E-state index in [-0.39, 0.29) is 23.7 Å². The van der Waals surface area contributed by atoms with Crippen molar-refractivity contribution in [3.63, 3.8) is 0 Å². The minimum atomic E-state index is -0.494. The summed E-state index contributed by atoms with van der Waals surface area (Å²) in [6.07, 6.45) is 6.51. The van der Waals surface area contributed by atoms with Gasteiger partial charge in [0.25, 0.3) is 0 Å². The van der Waals surface area contributed by atoms with E-state index in [1.54, 1.807) is 0 Å². The van der Waals surface area contributed by atoms with Gasteiger partial charge in [-0.15, -0.1) is 0 Å². The molecule has 1 unspecified atom stereocenters. The van der Waals surface area contributed by atoms with Crippen LogP contribution in [0.15, 0.2) is 24.4 Å². The molecule has 2 heterocycles. The van der Waals surface area contributed by atoms with Crippen LogP contribution in [0.2, 0.25) is 0 Å². The van der Waals surface area contributed by atoms with Gasteiger partial charge in [-0.1, -0.05) is 0 Å². The topological polar surface area (TPSA) is 85.4 Å². The summed E-state index contributed by atoms with van der Waals surface area (Å²) in [7, 11) is 2.16. The zero-order valence-corrected chi connectivity index (χ0v) is 21.1. The Kier molecular flexibility index (Phi) is 6.19. The van der Waals surface area contributed by atoms with Gasteiger partial charge in [0.15, 0.2) is 11.6 Å². The molecule has 2 bridgehead atoms. The number of nitrogens with zero attached hydrogens (tertiary/aromatic N) is 4. The van der Waals surface area contributed by atoms with Crippen molar-refractivity contribution in [1.82, 2.24) is 20.2 Å². The van der Waals surface area contributed by atoms with Crippen molar-refractivity contribution >= 4 is 29.0 Å². The smallest absolute Gasteiger partial charge is 0.229 e. The fraction of sp³-hybridized carbons (Fsp3) is 0.593. The molecule has 1 amide bonds. The van der Waals surface area contributed by atoms with Crippen LogP contribution in [0.1, 0.15) is 37.7 Å². The van der Waals surface area contributed by atoms with Gasteiger partial charge >= 0.3 is 0 Å². The maximum atomic E-state index is 14.8. The number of hydrogen-bond donors (Lipinski definition) is 3. The van der Waals surface area contributed by atoms with Crippen LogP contribution >= 0.6 is 0 Å². The molecule has 4 aliphatic rings. The molecule has 4 atom stereocenters. The fourth-order valence-electron chi connectivity index (χ4n) is 6.35. The quantitative estimate of drug-likeness (QED) is 0.544. The van der Waals surface area contributed by atoms with Crippen molar-refractivity contribution in [2.45, 2.75) is 51.1 Å². The van der Waals surface area contributed by atoms with Crippen LogP contribution in [-0.2, 0) is 4.79 Å². The van der Waals surface area contributed by atoms with Crippen LogP contribution < -0.4 is 20.9 Å². The van der Waals surface area contributed by atoms with Gasteiger partial charge in [-0.25, -0.2) is 9.37 Å². The van der Waals surface area contributed by atoms with E-state index in [1.807, 2.05) is 6.07 Å². The number of carbonyl (C=O) groups is 1. The van der Waals surface area contributed by atoms with E-state index in [1.165, 1.54) is 17.4 Å². The zero-order valence-electron chi connectivity index (χ0n) is 21.1. The largest absolute Gasteiger partial charge is 0.369 e. The average Bonchev–Trinajstić information content (AvgIpc) is 3.44. The number of nitrogens with one attached hydrogen (secondary N) is 3. The molecule has 6 rings (SSSR count). The summed E-state index contributed by atoms with van der Waals surface area (Å²) in [6.45, 7) is 6.26. The SMILES string of the molecule is Cc1cc(Nc2ncc(F)c(NC3[C@H]4CC[C@H](C4)[C@@H]3C(=O)NC3CC3)n2)ccc1N1CCN(C)CC1. The number of piperazine rings is 1. The zero-order chi connectivity index (χ0) is 24.8. The summed E-state index contributed by atoms with van der Waals surface area (Å²) in [4.78, 5) is 26.4. The molecule has 0 spiro atoms. The number of amides is 1. The number of benzene rings is 1. The molecule has 9 heteroatoms. The number of halogens is 1.